The van der Waals surface area contributed by atoms with Crippen LogP contribution in [0.25, 0.3) is 0 Å². The fraction of sp³-hybridized carbons (Fsp3) is 0.583. The topological polar surface area (TPSA) is 70.8 Å². The van der Waals surface area contributed by atoms with Gasteiger partial charge in [-0.1, -0.05) is 11.6 Å². The van der Waals surface area contributed by atoms with Crippen LogP contribution < -0.4 is 0 Å². The van der Waals surface area contributed by atoms with E-state index in [0.717, 1.165) is 36.8 Å². The average molecular weight is 247 g/mol. The summed E-state index contributed by atoms with van der Waals surface area (Å²) < 4.78 is 5.29. The van der Waals surface area contributed by atoms with Crippen LogP contribution in [0.5, 0.6) is 0 Å². The minimum atomic E-state index is 0.312. The van der Waals surface area contributed by atoms with Crippen LogP contribution in [-0.2, 0) is 6.54 Å². The molecular formula is C12H17N5O. The molecule has 1 aliphatic heterocycles. The van der Waals surface area contributed by atoms with E-state index in [2.05, 4.69) is 25.2 Å². The molecule has 0 unspecified atom stereocenters. The molecule has 0 aliphatic carbocycles. The lowest BCUT2D eigenvalue weighted by Gasteiger charge is -2.33. The van der Waals surface area contributed by atoms with E-state index in [0.29, 0.717) is 6.04 Å². The molecular weight excluding hydrogens is 230 g/mol. The highest BCUT2D eigenvalue weighted by Gasteiger charge is 2.26. The van der Waals surface area contributed by atoms with Crippen molar-refractivity contribution in [2.24, 2.45) is 0 Å². The fourth-order valence-electron chi connectivity index (χ4n) is 2.56. The second kappa shape index (κ2) is 4.89. The Balaban J connectivity index is 1.76. The highest BCUT2D eigenvalue weighted by atomic mass is 16.5. The van der Waals surface area contributed by atoms with Crippen molar-refractivity contribution in [2.45, 2.75) is 38.8 Å². The number of hydrogen-bond acceptors (Lipinski definition) is 5. The summed E-state index contributed by atoms with van der Waals surface area (Å²) in [7, 11) is 0. The van der Waals surface area contributed by atoms with E-state index in [9.17, 15) is 0 Å². The monoisotopic (exact) mass is 247 g/mol. The molecule has 2 aromatic heterocycles. The first-order valence-corrected chi connectivity index (χ1v) is 6.34. The summed E-state index contributed by atoms with van der Waals surface area (Å²) in [5, 5.41) is 10.9. The van der Waals surface area contributed by atoms with E-state index >= 15 is 0 Å². The van der Waals surface area contributed by atoms with Crippen LogP contribution in [0.2, 0.25) is 0 Å². The molecule has 2 aromatic rings. The van der Waals surface area contributed by atoms with E-state index < -0.39 is 0 Å². The molecule has 0 aromatic carbocycles. The molecule has 3 rings (SSSR count). The van der Waals surface area contributed by atoms with Gasteiger partial charge < -0.3 is 4.52 Å². The number of aromatic nitrogens is 4. The Morgan fingerprint density at radius 3 is 3.17 bits per heavy atom. The van der Waals surface area contributed by atoms with Gasteiger partial charge in [0, 0.05) is 6.07 Å². The lowest BCUT2D eigenvalue weighted by molar-refractivity contribution is 0.120. The predicted octanol–water partition coefficient (Wildman–Crippen LogP) is 1.83. The van der Waals surface area contributed by atoms with Gasteiger partial charge in [-0.15, -0.1) is 0 Å². The van der Waals surface area contributed by atoms with E-state index in [1.165, 1.54) is 12.8 Å². The van der Waals surface area contributed by atoms with Gasteiger partial charge in [0.2, 0.25) is 0 Å². The van der Waals surface area contributed by atoms with Crippen LogP contribution in [0.3, 0.4) is 0 Å². The highest BCUT2D eigenvalue weighted by molar-refractivity contribution is 5.04. The molecule has 1 fully saturated rings. The van der Waals surface area contributed by atoms with Gasteiger partial charge in [-0.3, -0.25) is 10.00 Å². The van der Waals surface area contributed by atoms with Gasteiger partial charge in [-0.2, -0.15) is 5.10 Å². The van der Waals surface area contributed by atoms with E-state index in [1.807, 2.05) is 13.0 Å². The Morgan fingerprint density at radius 2 is 2.44 bits per heavy atom. The second-order valence-corrected chi connectivity index (χ2v) is 4.79. The summed E-state index contributed by atoms with van der Waals surface area (Å²) in [5.41, 5.74) is 0.929. The van der Waals surface area contributed by atoms with Crippen molar-refractivity contribution in [2.75, 3.05) is 6.54 Å². The Hall–Kier alpha value is -1.69. The Labute approximate surface area is 105 Å². The molecule has 0 amide bonds. The van der Waals surface area contributed by atoms with Gasteiger partial charge in [0.15, 0.2) is 5.76 Å². The Bertz CT molecular complexity index is 492. The number of rotatable bonds is 3. The Kier molecular flexibility index (Phi) is 3.10. The summed E-state index contributed by atoms with van der Waals surface area (Å²) in [6.07, 6.45) is 5.14. The van der Waals surface area contributed by atoms with Crippen LogP contribution in [0.15, 0.2) is 16.9 Å². The molecule has 0 bridgehead atoms. The quantitative estimate of drug-likeness (QED) is 0.896. The van der Waals surface area contributed by atoms with Gasteiger partial charge in [0.05, 0.1) is 18.3 Å². The van der Waals surface area contributed by atoms with Gasteiger partial charge in [0.1, 0.15) is 12.2 Å². The van der Waals surface area contributed by atoms with Crippen molar-refractivity contribution in [3.63, 3.8) is 0 Å². The van der Waals surface area contributed by atoms with Gasteiger partial charge >= 0.3 is 0 Å². The lowest BCUT2D eigenvalue weighted by atomic mass is 10.0. The minimum absolute atomic E-state index is 0.312. The smallest absolute Gasteiger partial charge is 0.150 e. The van der Waals surface area contributed by atoms with E-state index in [1.54, 1.807) is 6.33 Å². The van der Waals surface area contributed by atoms with E-state index in [-0.39, 0.29) is 0 Å². The number of nitrogens with one attached hydrogen (secondary N) is 1. The third kappa shape index (κ3) is 2.28. The number of aryl methyl sites for hydroxylation is 1. The van der Waals surface area contributed by atoms with Crippen LogP contribution in [0.4, 0.5) is 0 Å². The molecule has 0 radical (unpaired) electrons. The van der Waals surface area contributed by atoms with Crippen molar-refractivity contribution in [1.82, 2.24) is 25.2 Å². The first-order valence-electron chi connectivity index (χ1n) is 6.34. The third-order valence-electron chi connectivity index (χ3n) is 3.40. The summed E-state index contributed by atoms with van der Waals surface area (Å²) >= 11 is 0. The largest absolute Gasteiger partial charge is 0.360 e. The molecule has 96 valence electrons. The summed E-state index contributed by atoms with van der Waals surface area (Å²) in [6.45, 7) is 3.79. The molecule has 1 N–H and O–H groups in total. The minimum Gasteiger partial charge on any atom is -0.360 e. The molecule has 0 spiro atoms. The highest BCUT2D eigenvalue weighted by Crippen LogP contribution is 2.29. The second-order valence-electron chi connectivity index (χ2n) is 4.79. The molecule has 1 saturated heterocycles. The average Bonchev–Trinajstić information content (AvgIpc) is 3.02. The normalized spacial score (nSPS) is 21.3. The lowest BCUT2D eigenvalue weighted by Crippen LogP contribution is -2.33. The van der Waals surface area contributed by atoms with Crippen LogP contribution >= 0.6 is 0 Å². The predicted molar refractivity (Wildman–Crippen MR) is 64.6 cm³/mol. The summed E-state index contributed by atoms with van der Waals surface area (Å²) in [4.78, 5) is 6.66. The van der Waals surface area contributed by atoms with Crippen molar-refractivity contribution >= 4 is 0 Å². The van der Waals surface area contributed by atoms with Crippen LogP contribution in [0.1, 0.15) is 42.6 Å². The molecule has 18 heavy (non-hydrogen) atoms. The number of piperidine rings is 1. The standard InChI is InChI=1S/C12H17N5O/c1-9-6-10(18-16-9)7-17-5-3-2-4-11(17)12-13-8-14-15-12/h6,8,11H,2-5,7H2,1H3,(H,13,14,15)/t11-/m0/s1. The van der Waals surface area contributed by atoms with Crippen molar-refractivity contribution in [1.29, 1.82) is 0 Å². The van der Waals surface area contributed by atoms with Crippen molar-refractivity contribution in [3.8, 4) is 0 Å². The van der Waals surface area contributed by atoms with Crippen molar-refractivity contribution in [3.05, 3.63) is 29.7 Å². The molecule has 1 atom stereocenters. The van der Waals surface area contributed by atoms with Crippen LogP contribution in [-0.4, -0.2) is 31.8 Å². The first kappa shape index (κ1) is 11.4. The summed E-state index contributed by atoms with van der Waals surface area (Å²) in [5.74, 6) is 1.87. The molecule has 6 nitrogen and oxygen atoms in total. The first-order chi connectivity index (χ1) is 8.83. The zero-order valence-corrected chi connectivity index (χ0v) is 10.5. The van der Waals surface area contributed by atoms with Crippen molar-refractivity contribution < 1.29 is 4.52 Å². The van der Waals surface area contributed by atoms with E-state index in [4.69, 9.17) is 4.52 Å². The number of aromatic amines is 1. The zero-order chi connectivity index (χ0) is 12.4. The van der Waals surface area contributed by atoms with Gasteiger partial charge in [0.25, 0.3) is 0 Å². The Morgan fingerprint density at radius 1 is 1.50 bits per heavy atom. The maximum absolute atomic E-state index is 5.29. The number of H-pyrrole nitrogens is 1. The molecule has 3 heterocycles. The number of likely N-dealkylation sites (tertiary alicyclic amines) is 1. The fourth-order valence-corrected chi connectivity index (χ4v) is 2.56. The molecule has 6 heteroatoms. The zero-order valence-electron chi connectivity index (χ0n) is 10.5. The maximum Gasteiger partial charge on any atom is 0.150 e. The third-order valence-corrected chi connectivity index (χ3v) is 3.40. The number of hydrogen-bond donors (Lipinski definition) is 1. The number of nitrogens with zero attached hydrogens (tertiary/aromatic N) is 4. The molecule has 1 aliphatic rings. The SMILES string of the molecule is Cc1cc(CN2CCCC[C@H]2c2ncn[nH]2)on1. The summed E-state index contributed by atoms with van der Waals surface area (Å²) in [6, 6.07) is 2.30. The van der Waals surface area contributed by atoms with Crippen LogP contribution in [0, 0.1) is 6.92 Å². The maximum atomic E-state index is 5.29. The molecule has 0 saturated carbocycles. The van der Waals surface area contributed by atoms with Gasteiger partial charge in [-0.25, -0.2) is 4.98 Å². The van der Waals surface area contributed by atoms with Gasteiger partial charge in [-0.05, 0) is 26.3 Å².